The van der Waals surface area contributed by atoms with Crippen molar-refractivity contribution in [3.63, 3.8) is 0 Å². The van der Waals surface area contributed by atoms with Gasteiger partial charge in [0.25, 0.3) is 0 Å². The van der Waals surface area contributed by atoms with E-state index >= 15 is 0 Å². The van der Waals surface area contributed by atoms with Crippen molar-refractivity contribution in [2.45, 2.75) is 17.1 Å². The highest BCUT2D eigenvalue weighted by Crippen LogP contribution is 2.29. The molecule has 164 valence electrons. The third-order valence-electron chi connectivity index (χ3n) is 4.43. The number of hydrogen-bond donors (Lipinski definition) is 2. The lowest BCUT2D eigenvalue weighted by atomic mass is 10.2. The van der Waals surface area contributed by atoms with E-state index in [4.69, 9.17) is 16.3 Å². The van der Waals surface area contributed by atoms with Crippen LogP contribution in [0.4, 0.5) is 11.4 Å². The van der Waals surface area contributed by atoms with Crippen molar-refractivity contribution >= 4 is 52.6 Å². The number of hydrogen-bond acceptors (Lipinski definition) is 4. The quantitative estimate of drug-likeness (QED) is 0.310. The Labute approximate surface area is 196 Å². The van der Waals surface area contributed by atoms with Crippen LogP contribution in [-0.4, -0.2) is 24.2 Å². The molecule has 3 aromatic rings. The summed E-state index contributed by atoms with van der Waals surface area (Å²) in [6.45, 7) is 1.82. The molecule has 0 aliphatic rings. The summed E-state index contributed by atoms with van der Waals surface area (Å²) in [5.41, 5.74) is 2.21. The molecule has 0 saturated carbocycles. The fraction of sp³-hybridized carbons (Fsp3) is 0.120. The number of thioether (sulfide) groups is 1. The third kappa shape index (κ3) is 6.90. The zero-order valence-corrected chi connectivity index (χ0v) is 19.2. The fourth-order valence-corrected chi connectivity index (χ4v) is 4.00. The van der Waals surface area contributed by atoms with Crippen LogP contribution in [-0.2, 0) is 9.59 Å². The highest BCUT2D eigenvalue weighted by molar-refractivity contribution is 8.00. The molecule has 0 spiro atoms. The first-order valence-electron chi connectivity index (χ1n) is 9.90. The predicted octanol–water partition coefficient (Wildman–Crippen LogP) is 6.12. The number of rotatable bonds is 8. The number of anilines is 2. The lowest BCUT2D eigenvalue weighted by Gasteiger charge is -2.13. The standard InChI is InChI=1S/C25H23ClN2O3S/c1-17(25(30)28-20-12-13-23(31-2)22(26)16-20)32-21-10-6-9-19(15-21)27-24(29)14-11-18-7-4-3-5-8-18/h3-17H,1-2H3,(H,27,29)(H,28,30)/b14-11+. The SMILES string of the molecule is COc1ccc(NC(=O)C(C)Sc2cccc(NC(=O)/C=C/c3ccccc3)c2)cc1Cl. The maximum Gasteiger partial charge on any atom is 0.248 e. The minimum absolute atomic E-state index is 0.156. The number of methoxy groups -OCH3 is 1. The Morgan fingerprint density at radius 1 is 0.969 bits per heavy atom. The molecule has 0 aliphatic carbocycles. The van der Waals surface area contributed by atoms with Gasteiger partial charge in [-0.3, -0.25) is 9.59 Å². The van der Waals surface area contributed by atoms with Gasteiger partial charge in [-0.25, -0.2) is 0 Å². The van der Waals surface area contributed by atoms with Gasteiger partial charge in [-0.1, -0.05) is 48.0 Å². The summed E-state index contributed by atoms with van der Waals surface area (Å²) in [6.07, 6.45) is 3.25. The molecule has 7 heteroatoms. The van der Waals surface area contributed by atoms with Crippen LogP contribution in [0.15, 0.2) is 83.8 Å². The van der Waals surface area contributed by atoms with Gasteiger partial charge in [0.2, 0.25) is 11.8 Å². The summed E-state index contributed by atoms with van der Waals surface area (Å²) in [4.78, 5) is 25.7. The summed E-state index contributed by atoms with van der Waals surface area (Å²) in [5.74, 6) is 0.166. The Morgan fingerprint density at radius 3 is 2.44 bits per heavy atom. The zero-order valence-electron chi connectivity index (χ0n) is 17.7. The summed E-state index contributed by atoms with van der Waals surface area (Å²) in [7, 11) is 1.54. The van der Waals surface area contributed by atoms with Crippen LogP contribution in [0.2, 0.25) is 5.02 Å². The average molecular weight is 467 g/mol. The van der Waals surface area contributed by atoms with Gasteiger partial charge >= 0.3 is 0 Å². The molecule has 1 atom stereocenters. The molecule has 2 N–H and O–H groups in total. The minimum Gasteiger partial charge on any atom is -0.495 e. The molecule has 0 radical (unpaired) electrons. The van der Waals surface area contributed by atoms with E-state index in [1.807, 2.05) is 61.5 Å². The Bertz CT molecular complexity index is 1120. The molecule has 3 aromatic carbocycles. The van der Waals surface area contributed by atoms with E-state index in [1.165, 1.54) is 24.9 Å². The first-order valence-corrected chi connectivity index (χ1v) is 11.2. The Kier molecular flexibility index (Phi) is 8.36. The van der Waals surface area contributed by atoms with E-state index in [0.717, 1.165) is 10.5 Å². The Morgan fingerprint density at radius 2 is 1.72 bits per heavy atom. The van der Waals surface area contributed by atoms with E-state index in [2.05, 4.69) is 10.6 Å². The molecule has 32 heavy (non-hydrogen) atoms. The Hall–Kier alpha value is -3.22. The van der Waals surface area contributed by atoms with Crippen LogP contribution < -0.4 is 15.4 Å². The number of amides is 2. The molecule has 0 bridgehead atoms. The predicted molar refractivity (Wildman–Crippen MR) is 133 cm³/mol. The number of benzene rings is 3. The van der Waals surface area contributed by atoms with E-state index in [9.17, 15) is 9.59 Å². The maximum absolute atomic E-state index is 12.6. The zero-order chi connectivity index (χ0) is 22.9. The molecule has 0 heterocycles. The summed E-state index contributed by atoms with van der Waals surface area (Å²) in [6, 6.07) is 22.1. The normalized spacial score (nSPS) is 11.7. The van der Waals surface area contributed by atoms with Crippen LogP contribution in [0, 0.1) is 0 Å². The smallest absolute Gasteiger partial charge is 0.248 e. The molecule has 0 aliphatic heterocycles. The topological polar surface area (TPSA) is 67.4 Å². The number of ether oxygens (including phenoxy) is 1. The van der Waals surface area contributed by atoms with Crippen molar-refractivity contribution in [1.82, 2.24) is 0 Å². The van der Waals surface area contributed by atoms with Gasteiger partial charge in [0.1, 0.15) is 5.75 Å². The van der Waals surface area contributed by atoms with Gasteiger partial charge in [0, 0.05) is 22.3 Å². The summed E-state index contributed by atoms with van der Waals surface area (Å²) < 4.78 is 5.12. The molecule has 0 fully saturated rings. The van der Waals surface area contributed by atoms with E-state index in [0.29, 0.717) is 22.1 Å². The summed E-state index contributed by atoms with van der Waals surface area (Å²) in [5, 5.41) is 5.77. The van der Waals surface area contributed by atoms with Gasteiger partial charge in [-0.2, -0.15) is 0 Å². The van der Waals surface area contributed by atoms with Crippen LogP contribution in [0.1, 0.15) is 12.5 Å². The van der Waals surface area contributed by atoms with E-state index in [-0.39, 0.29) is 17.1 Å². The van der Waals surface area contributed by atoms with E-state index in [1.54, 1.807) is 24.3 Å². The number of halogens is 1. The number of nitrogens with one attached hydrogen (secondary N) is 2. The first kappa shape index (κ1) is 23.4. The van der Waals surface area contributed by atoms with Crippen molar-refractivity contribution in [1.29, 1.82) is 0 Å². The van der Waals surface area contributed by atoms with Crippen molar-refractivity contribution in [3.05, 3.63) is 89.5 Å². The summed E-state index contributed by atoms with van der Waals surface area (Å²) >= 11 is 7.51. The van der Waals surface area contributed by atoms with Gasteiger partial charge in [-0.15, -0.1) is 11.8 Å². The molecule has 2 amide bonds. The van der Waals surface area contributed by atoms with E-state index < -0.39 is 0 Å². The Balaban J connectivity index is 1.57. The van der Waals surface area contributed by atoms with Gasteiger partial charge < -0.3 is 15.4 Å². The fourth-order valence-electron chi connectivity index (χ4n) is 2.81. The molecule has 0 aromatic heterocycles. The average Bonchev–Trinajstić information content (AvgIpc) is 2.79. The molecular formula is C25H23ClN2O3S. The molecular weight excluding hydrogens is 444 g/mol. The molecule has 1 unspecified atom stereocenters. The lowest BCUT2D eigenvalue weighted by Crippen LogP contribution is -2.22. The van der Waals surface area contributed by atoms with Gasteiger partial charge in [0.05, 0.1) is 17.4 Å². The minimum atomic E-state index is -0.361. The molecule has 0 saturated heterocycles. The second kappa shape index (κ2) is 11.4. The van der Waals surface area contributed by atoms with Crippen molar-refractivity contribution < 1.29 is 14.3 Å². The lowest BCUT2D eigenvalue weighted by molar-refractivity contribution is -0.115. The monoisotopic (exact) mass is 466 g/mol. The molecule has 3 rings (SSSR count). The second-order valence-corrected chi connectivity index (χ2v) is 8.68. The third-order valence-corrected chi connectivity index (χ3v) is 5.82. The van der Waals surface area contributed by atoms with Crippen LogP contribution in [0.3, 0.4) is 0 Å². The van der Waals surface area contributed by atoms with Crippen molar-refractivity contribution in [2.24, 2.45) is 0 Å². The largest absolute Gasteiger partial charge is 0.495 e. The van der Waals surface area contributed by atoms with Gasteiger partial charge in [-0.05, 0) is 55.0 Å². The highest BCUT2D eigenvalue weighted by Gasteiger charge is 2.15. The van der Waals surface area contributed by atoms with Gasteiger partial charge in [0.15, 0.2) is 0 Å². The number of carbonyl (C=O) groups is 2. The molecule has 5 nitrogen and oxygen atoms in total. The maximum atomic E-state index is 12.6. The van der Waals surface area contributed by atoms with Crippen LogP contribution in [0.5, 0.6) is 5.75 Å². The van der Waals surface area contributed by atoms with Crippen molar-refractivity contribution in [2.75, 3.05) is 17.7 Å². The number of carbonyl (C=O) groups excluding carboxylic acids is 2. The second-order valence-electron chi connectivity index (χ2n) is 6.86. The van der Waals surface area contributed by atoms with Crippen molar-refractivity contribution in [3.8, 4) is 5.75 Å². The van der Waals surface area contributed by atoms with Crippen LogP contribution >= 0.6 is 23.4 Å². The highest BCUT2D eigenvalue weighted by atomic mass is 35.5. The van der Waals surface area contributed by atoms with Crippen LogP contribution in [0.25, 0.3) is 6.08 Å². The first-order chi connectivity index (χ1) is 15.4.